The van der Waals surface area contributed by atoms with E-state index in [1.165, 1.54) is 56.6 Å². The largest absolute Gasteiger partial charge is 0.362 e. The molecule has 3 rings (SSSR count). The Hall–Kier alpha value is -0.760. The first-order valence-electron chi connectivity index (χ1n) is 6.27. The molecular weight excluding hydrogens is 184 g/mol. The van der Waals surface area contributed by atoms with Crippen LogP contribution in [0.4, 0.5) is 0 Å². The quantitative estimate of drug-likeness (QED) is 0.721. The van der Waals surface area contributed by atoms with Gasteiger partial charge in [0.2, 0.25) is 0 Å². The van der Waals surface area contributed by atoms with Gasteiger partial charge in [-0.25, -0.2) is 0 Å². The van der Waals surface area contributed by atoms with E-state index in [4.69, 9.17) is 0 Å². The van der Waals surface area contributed by atoms with E-state index < -0.39 is 0 Å². The summed E-state index contributed by atoms with van der Waals surface area (Å²) in [6.07, 6.45) is 6.65. The first-order valence-corrected chi connectivity index (χ1v) is 6.27. The third kappa shape index (κ3) is 1.51. The molecular formula is C13H20N2. The van der Waals surface area contributed by atoms with Crippen LogP contribution < -0.4 is 5.32 Å². The summed E-state index contributed by atoms with van der Waals surface area (Å²) in [5.41, 5.74) is 6.30. The van der Waals surface area contributed by atoms with Crippen molar-refractivity contribution in [3.63, 3.8) is 0 Å². The maximum Gasteiger partial charge on any atom is 0.0184 e. The smallest absolute Gasteiger partial charge is 0.0184 e. The highest BCUT2D eigenvalue weighted by Gasteiger charge is 2.26. The molecule has 0 saturated carbocycles. The lowest BCUT2D eigenvalue weighted by Gasteiger charge is -2.24. The number of rotatable bonds is 1. The molecule has 82 valence electrons. The van der Waals surface area contributed by atoms with Crippen LogP contribution >= 0.6 is 0 Å². The third-order valence-corrected chi connectivity index (χ3v) is 3.99. The third-order valence-electron chi connectivity index (χ3n) is 3.99. The number of aromatic nitrogens is 1. The fourth-order valence-electron chi connectivity index (χ4n) is 3.35. The molecule has 0 bridgehead atoms. The van der Waals surface area contributed by atoms with Crippen LogP contribution in [0.5, 0.6) is 0 Å². The van der Waals surface area contributed by atoms with Crippen molar-refractivity contribution in [3.8, 4) is 0 Å². The molecule has 2 nitrogen and oxygen atoms in total. The van der Waals surface area contributed by atoms with Crippen LogP contribution in [0.15, 0.2) is 0 Å². The zero-order valence-corrected chi connectivity index (χ0v) is 9.53. The SMILES string of the molecule is Cc1[nH]c2c(c1C1CCCNC1)CCC2. The van der Waals surface area contributed by atoms with Crippen molar-refractivity contribution >= 4 is 0 Å². The van der Waals surface area contributed by atoms with Crippen LogP contribution in [0.2, 0.25) is 0 Å². The Morgan fingerprint density at radius 3 is 2.93 bits per heavy atom. The summed E-state index contributed by atoms with van der Waals surface area (Å²) >= 11 is 0. The summed E-state index contributed by atoms with van der Waals surface area (Å²) in [7, 11) is 0. The summed E-state index contributed by atoms with van der Waals surface area (Å²) in [6, 6.07) is 0. The average Bonchev–Trinajstić information content (AvgIpc) is 2.78. The van der Waals surface area contributed by atoms with E-state index >= 15 is 0 Å². The van der Waals surface area contributed by atoms with Gasteiger partial charge in [-0.05, 0) is 62.6 Å². The lowest BCUT2D eigenvalue weighted by molar-refractivity contribution is 0.459. The fourth-order valence-corrected chi connectivity index (χ4v) is 3.35. The molecule has 1 aliphatic heterocycles. The Balaban J connectivity index is 1.95. The van der Waals surface area contributed by atoms with Gasteiger partial charge in [0.25, 0.3) is 0 Å². The highest BCUT2D eigenvalue weighted by Crippen LogP contribution is 2.35. The Morgan fingerprint density at radius 2 is 2.13 bits per heavy atom. The highest BCUT2D eigenvalue weighted by molar-refractivity contribution is 5.42. The summed E-state index contributed by atoms with van der Waals surface area (Å²) in [4.78, 5) is 3.59. The second-order valence-corrected chi connectivity index (χ2v) is 5.02. The van der Waals surface area contributed by atoms with Gasteiger partial charge in [-0.2, -0.15) is 0 Å². The lowest BCUT2D eigenvalue weighted by atomic mass is 9.88. The van der Waals surface area contributed by atoms with E-state index in [0.29, 0.717) is 0 Å². The number of aryl methyl sites for hydroxylation is 2. The van der Waals surface area contributed by atoms with E-state index in [2.05, 4.69) is 17.2 Å². The van der Waals surface area contributed by atoms with Gasteiger partial charge in [-0.15, -0.1) is 0 Å². The minimum absolute atomic E-state index is 0.775. The van der Waals surface area contributed by atoms with E-state index in [-0.39, 0.29) is 0 Å². The van der Waals surface area contributed by atoms with E-state index in [1.807, 2.05) is 0 Å². The van der Waals surface area contributed by atoms with Crippen molar-refractivity contribution < 1.29 is 0 Å². The van der Waals surface area contributed by atoms with Crippen LogP contribution in [0.25, 0.3) is 0 Å². The Labute approximate surface area is 91.5 Å². The molecule has 2 heteroatoms. The second kappa shape index (κ2) is 3.67. The molecule has 1 aliphatic carbocycles. The molecule has 0 spiro atoms. The molecule has 1 unspecified atom stereocenters. The molecule has 0 amide bonds. The minimum atomic E-state index is 0.775. The molecule has 1 atom stereocenters. The number of aromatic amines is 1. The molecule has 2 heterocycles. The molecule has 2 aliphatic rings. The summed E-state index contributed by atoms with van der Waals surface area (Å²) in [5.74, 6) is 0.775. The zero-order valence-electron chi connectivity index (χ0n) is 9.53. The number of hydrogen-bond donors (Lipinski definition) is 2. The van der Waals surface area contributed by atoms with Gasteiger partial charge in [0.15, 0.2) is 0 Å². The van der Waals surface area contributed by atoms with E-state index in [1.54, 1.807) is 11.1 Å². The minimum Gasteiger partial charge on any atom is -0.362 e. The van der Waals surface area contributed by atoms with Crippen molar-refractivity contribution in [2.75, 3.05) is 13.1 Å². The van der Waals surface area contributed by atoms with Crippen LogP contribution in [0.1, 0.15) is 47.7 Å². The molecule has 15 heavy (non-hydrogen) atoms. The van der Waals surface area contributed by atoms with Crippen LogP contribution in [-0.4, -0.2) is 18.1 Å². The molecule has 1 saturated heterocycles. The normalized spacial score (nSPS) is 25.5. The summed E-state index contributed by atoms with van der Waals surface area (Å²) in [6.45, 7) is 4.65. The molecule has 1 aromatic heterocycles. The average molecular weight is 204 g/mol. The van der Waals surface area contributed by atoms with Crippen molar-refractivity contribution in [1.82, 2.24) is 10.3 Å². The van der Waals surface area contributed by atoms with Crippen LogP contribution in [0, 0.1) is 6.92 Å². The molecule has 0 radical (unpaired) electrons. The van der Waals surface area contributed by atoms with Crippen LogP contribution in [-0.2, 0) is 12.8 Å². The molecule has 1 aromatic rings. The predicted molar refractivity (Wildman–Crippen MR) is 62.4 cm³/mol. The zero-order chi connectivity index (χ0) is 10.3. The monoisotopic (exact) mass is 204 g/mol. The van der Waals surface area contributed by atoms with Gasteiger partial charge in [0.05, 0.1) is 0 Å². The lowest BCUT2D eigenvalue weighted by Crippen LogP contribution is -2.28. The number of nitrogens with one attached hydrogen (secondary N) is 2. The summed E-state index contributed by atoms with van der Waals surface area (Å²) in [5, 5.41) is 3.53. The van der Waals surface area contributed by atoms with Gasteiger partial charge >= 0.3 is 0 Å². The Bertz CT molecular complexity index is 359. The van der Waals surface area contributed by atoms with Crippen molar-refractivity contribution in [1.29, 1.82) is 0 Å². The van der Waals surface area contributed by atoms with Gasteiger partial charge in [0.1, 0.15) is 0 Å². The number of hydrogen-bond acceptors (Lipinski definition) is 1. The van der Waals surface area contributed by atoms with Crippen molar-refractivity contribution in [3.05, 3.63) is 22.5 Å². The highest BCUT2D eigenvalue weighted by atomic mass is 14.9. The Kier molecular flexibility index (Phi) is 2.32. The predicted octanol–water partition coefficient (Wildman–Crippen LogP) is 2.28. The first kappa shape index (κ1) is 9.46. The standard InChI is InChI=1S/C13H20N2/c1-9-13(10-4-3-7-14-8-10)11-5-2-6-12(11)15-9/h10,14-15H,2-8H2,1H3. The molecule has 0 aromatic carbocycles. The summed E-state index contributed by atoms with van der Waals surface area (Å²) < 4.78 is 0. The van der Waals surface area contributed by atoms with E-state index in [9.17, 15) is 0 Å². The second-order valence-electron chi connectivity index (χ2n) is 5.02. The van der Waals surface area contributed by atoms with Crippen molar-refractivity contribution in [2.45, 2.75) is 44.9 Å². The molecule has 1 fully saturated rings. The topological polar surface area (TPSA) is 27.8 Å². The van der Waals surface area contributed by atoms with Gasteiger partial charge < -0.3 is 10.3 Å². The van der Waals surface area contributed by atoms with E-state index in [0.717, 1.165) is 5.92 Å². The van der Waals surface area contributed by atoms with Gasteiger partial charge in [-0.1, -0.05) is 0 Å². The van der Waals surface area contributed by atoms with Crippen molar-refractivity contribution in [2.24, 2.45) is 0 Å². The molecule has 2 N–H and O–H groups in total. The first-order chi connectivity index (χ1) is 7.36. The number of piperidine rings is 1. The van der Waals surface area contributed by atoms with Gasteiger partial charge in [0, 0.05) is 17.9 Å². The number of H-pyrrole nitrogens is 1. The van der Waals surface area contributed by atoms with Gasteiger partial charge in [-0.3, -0.25) is 0 Å². The maximum absolute atomic E-state index is 3.59. The Morgan fingerprint density at radius 1 is 1.20 bits per heavy atom. The fraction of sp³-hybridized carbons (Fsp3) is 0.692. The maximum atomic E-state index is 3.59. The van der Waals surface area contributed by atoms with Crippen LogP contribution in [0.3, 0.4) is 0 Å². The number of fused-ring (bicyclic) bond motifs is 1.